The highest BCUT2D eigenvalue weighted by molar-refractivity contribution is 5.18. The van der Waals surface area contributed by atoms with E-state index in [0.717, 1.165) is 24.2 Å². The molecule has 1 unspecified atom stereocenters. The lowest BCUT2D eigenvalue weighted by Crippen LogP contribution is -2.10. The third-order valence-corrected chi connectivity index (χ3v) is 2.77. The van der Waals surface area contributed by atoms with Gasteiger partial charge in [-0.3, -0.25) is 0 Å². The Bertz CT molecular complexity index is 433. The van der Waals surface area contributed by atoms with E-state index < -0.39 is 0 Å². The van der Waals surface area contributed by atoms with Gasteiger partial charge >= 0.3 is 0 Å². The Balaban J connectivity index is 1.91. The quantitative estimate of drug-likeness (QED) is 0.850. The fourth-order valence-electron chi connectivity index (χ4n) is 1.79. The van der Waals surface area contributed by atoms with Gasteiger partial charge in [-0.05, 0) is 31.4 Å². The molecule has 1 aromatic carbocycles. The number of hydrogen-bond donors (Lipinski definition) is 1. The van der Waals surface area contributed by atoms with Gasteiger partial charge in [0, 0.05) is 11.6 Å². The monoisotopic (exact) mass is 215 g/mol. The average molecular weight is 215 g/mol. The van der Waals surface area contributed by atoms with Crippen LogP contribution in [0.2, 0.25) is 0 Å². The van der Waals surface area contributed by atoms with Crippen LogP contribution < -0.4 is 5.73 Å². The van der Waals surface area contributed by atoms with E-state index in [0.29, 0.717) is 0 Å². The normalized spacial score (nSPS) is 12.6. The molecule has 0 bridgehead atoms. The Morgan fingerprint density at radius 2 is 2.00 bits per heavy atom. The topological polar surface area (TPSA) is 39.2 Å². The maximum absolute atomic E-state index is 6.10. The molecule has 0 amide bonds. The van der Waals surface area contributed by atoms with Gasteiger partial charge in [-0.25, -0.2) is 0 Å². The van der Waals surface area contributed by atoms with E-state index in [1.807, 2.05) is 19.1 Å². The molecule has 0 spiro atoms. The smallest absolute Gasteiger partial charge is 0.101 e. The van der Waals surface area contributed by atoms with Crippen LogP contribution in [0.4, 0.5) is 0 Å². The lowest BCUT2D eigenvalue weighted by molar-refractivity contribution is 0.526. The van der Waals surface area contributed by atoms with Crippen molar-refractivity contribution >= 4 is 0 Å². The summed E-state index contributed by atoms with van der Waals surface area (Å²) in [6.07, 6.45) is 3.71. The van der Waals surface area contributed by atoms with E-state index in [-0.39, 0.29) is 6.04 Å². The zero-order chi connectivity index (χ0) is 11.4. The lowest BCUT2D eigenvalue weighted by atomic mass is 10.0. The van der Waals surface area contributed by atoms with Gasteiger partial charge in [-0.15, -0.1) is 0 Å². The van der Waals surface area contributed by atoms with Crippen molar-refractivity contribution in [2.45, 2.75) is 25.8 Å². The third-order valence-electron chi connectivity index (χ3n) is 2.77. The molecule has 1 heterocycles. The zero-order valence-electron chi connectivity index (χ0n) is 9.52. The van der Waals surface area contributed by atoms with Crippen LogP contribution in [0.1, 0.15) is 29.3 Å². The van der Waals surface area contributed by atoms with Crippen LogP contribution >= 0.6 is 0 Å². The molecule has 2 heteroatoms. The van der Waals surface area contributed by atoms with Gasteiger partial charge in [0.2, 0.25) is 0 Å². The SMILES string of the molecule is Cc1cc(C(N)CCc2ccccc2)co1. The van der Waals surface area contributed by atoms with Crippen LogP contribution in [-0.4, -0.2) is 0 Å². The number of rotatable bonds is 4. The molecule has 2 N–H and O–H groups in total. The number of furan rings is 1. The average Bonchev–Trinajstić information content (AvgIpc) is 2.74. The first-order valence-corrected chi connectivity index (χ1v) is 5.60. The van der Waals surface area contributed by atoms with Crippen LogP contribution in [0.5, 0.6) is 0 Å². The van der Waals surface area contributed by atoms with Crippen molar-refractivity contribution in [2.24, 2.45) is 5.73 Å². The van der Waals surface area contributed by atoms with Gasteiger partial charge in [0.05, 0.1) is 6.26 Å². The summed E-state index contributed by atoms with van der Waals surface area (Å²) in [5.74, 6) is 0.921. The largest absolute Gasteiger partial charge is 0.469 e. The Hall–Kier alpha value is -1.54. The molecule has 2 nitrogen and oxygen atoms in total. The molecule has 0 radical (unpaired) electrons. The first-order valence-electron chi connectivity index (χ1n) is 5.60. The second-order valence-electron chi connectivity index (χ2n) is 4.12. The highest BCUT2D eigenvalue weighted by Gasteiger charge is 2.08. The minimum Gasteiger partial charge on any atom is -0.469 e. The summed E-state index contributed by atoms with van der Waals surface area (Å²) in [6, 6.07) is 12.5. The van der Waals surface area contributed by atoms with Crippen molar-refractivity contribution in [1.29, 1.82) is 0 Å². The maximum Gasteiger partial charge on any atom is 0.101 e. The van der Waals surface area contributed by atoms with E-state index in [2.05, 4.69) is 24.3 Å². The second-order valence-corrected chi connectivity index (χ2v) is 4.12. The van der Waals surface area contributed by atoms with Gasteiger partial charge < -0.3 is 10.2 Å². The molecule has 16 heavy (non-hydrogen) atoms. The summed E-state index contributed by atoms with van der Waals surface area (Å²) in [5, 5.41) is 0. The molecule has 0 aliphatic rings. The number of aryl methyl sites for hydroxylation is 2. The Morgan fingerprint density at radius 1 is 1.25 bits per heavy atom. The molecule has 84 valence electrons. The van der Waals surface area contributed by atoms with Crippen LogP contribution in [0.15, 0.2) is 47.1 Å². The number of benzene rings is 1. The maximum atomic E-state index is 6.10. The standard InChI is InChI=1S/C14H17NO/c1-11-9-13(10-16-11)14(15)8-7-12-5-3-2-4-6-12/h2-6,9-10,14H,7-8,15H2,1H3. The molecular weight excluding hydrogens is 198 g/mol. The van der Waals surface area contributed by atoms with E-state index in [4.69, 9.17) is 10.2 Å². The highest BCUT2D eigenvalue weighted by atomic mass is 16.3. The van der Waals surface area contributed by atoms with Crippen molar-refractivity contribution in [1.82, 2.24) is 0 Å². The summed E-state index contributed by atoms with van der Waals surface area (Å²) in [7, 11) is 0. The highest BCUT2D eigenvalue weighted by Crippen LogP contribution is 2.18. The fraction of sp³-hybridized carbons (Fsp3) is 0.286. The molecule has 2 aromatic rings. The van der Waals surface area contributed by atoms with E-state index in [9.17, 15) is 0 Å². The van der Waals surface area contributed by atoms with Crippen LogP contribution in [0, 0.1) is 6.92 Å². The molecule has 0 fully saturated rings. The summed E-state index contributed by atoms with van der Waals surface area (Å²) in [4.78, 5) is 0. The molecule has 2 rings (SSSR count). The van der Waals surface area contributed by atoms with Crippen molar-refractivity contribution in [3.05, 3.63) is 59.5 Å². The Kier molecular flexibility index (Phi) is 3.42. The summed E-state index contributed by atoms with van der Waals surface area (Å²) >= 11 is 0. The number of nitrogens with two attached hydrogens (primary N) is 1. The predicted octanol–water partition coefficient (Wildman–Crippen LogP) is 3.22. The third kappa shape index (κ3) is 2.74. The molecular formula is C14H17NO. The molecule has 0 saturated carbocycles. The Morgan fingerprint density at radius 3 is 2.62 bits per heavy atom. The molecule has 0 saturated heterocycles. The van der Waals surface area contributed by atoms with Crippen molar-refractivity contribution in [3.63, 3.8) is 0 Å². The minimum absolute atomic E-state index is 0.0673. The van der Waals surface area contributed by atoms with Crippen LogP contribution in [0.25, 0.3) is 0 Å². The molecule has 0 aliphatic carbocycles. The first-order chi connectivity index (χ1) is 7.75. The van der Waals surface area contributed by atoms with E-state index >= 15 is 0 Å². The Labute approximate surface area is 96.1 Å². The van der Waals surface area contributed by atoms with Gasteiger partial charge in [0.1, 0.15) is 5.76 Å². The number of hydrogen-bond acceptors (Lipinski definition) is 2. The van der Waals surface area contributed by atoms with Crippen LogP contribution in [0.3, 0.4) is 0 Å². The van der Waals surface area contributed by atoms with Crippen LogP contribution in [-0.2, 0) is 6.42 Å². The lowest BCUT2D eigenvalue weighted by Gasteiger charge is -2.08. The molecule has 1 atom stereocenters. The van der Waals surface area contributed by atoms with Gasteiger partial charge in [0.25, 0.3) is 0 Å². The summed E-state index contributed by atoms with van der Waals surface area (Å²) < 4.78 is 5.26. The first kappa shape index (κ1) is 11.0. The predicted molar refractivity (Wildman–Crippen MR) is 65.1 cm³/mol. The molecule has 0 aliphatic heterocycles. The molecule has 1 aromatic heterocycles. The van der Waals surface area contributed by atoms with Gasteiger partial charge in [-0.2, -0.15) is 0 Å². The zero-order valence-corrected chi connectivity index (χ0v) is 9.52. The fourth-order valence-corrected chi connectivity index (χ4v) is 1.79. The van der Waals surface area contributed by atoms with Crippen molar-refractivity contribution in [2.75, 3.05) is 0 Å². The summed E-state index contributed by atoms with van der Waals surface area (Å²) in [6.45, 7) is 1.94. The van der Waals surface area contributed by atoms with Gasteiger partial charge in [0.15, 0.2) is 0 Å². The van der Waals surface area contributed by atoms with Crippen molar-refractivity contribution < 1.29 is 4.42 Å². The van der Waals surface area contributed by atoms with Crippen molar-refractivity contribution in [3.8, 4) is 0 Å². The van der Waals surface area contributed by atoms with E-state index in [1.54, 1.807) is 6.26 Å². The van der Waals surface area contributed by atoms with Gasteiger partial charge in [-0.1, -0.05) is 30.3 Å². The second kappa shape index (κ2) is 4.99. The van der Waals surface area contributed by atoms with E-state index in [1.165, 1.54) is 5.56 Å². The summed E-state index contributed by atoms with van der Waals surface area (Å²) in [5.41, 5.74) is 8.52. The minimum atomic E-state index is 0.0673.